The summed E-state index contributed by atoms with van der Waals surface area (Å²) < 4.78 is 15.8. The van der Waals surface area contributed by atoms with Crippen LogP contribution in [0.1, 0.15) is 87.8 Å². The number of phenolic OH excluding ortho intramolecular Hbond substituents is 1. The van der Waals surface area contributed by atoms with Gasteiger partial charge in [-0.2, -0.15) is 0 Å². The first-order chi connectivity index (χ1) is 20.7. The number of phenols is 1. The molecule has 10 heteroatoms. The molecule has 2 aliphatic rings. The molecule has 2 amide bonds. The molecule has 0 spiro atoms. The monoisotopic (exact) mass is 587 g/mol. The van der Waals surface area contributed by atoms with Gasteiger partial charge in [-0.15, -0.1) is 0 Å². The van der Waals surface area contributed by atoms with E-state index in [2.05, 4.69) is 40.1 Å². The van der Waals surface area contributed by atoms with Crippen LogP contribution in [0.15, 0.2) is 60.9 Å². The van der Waals surface area contributed by atoms with Gasteiger partial charge in [0.25, 0.3) is 11.8 Å². The second-order valence-electron chi connectivity index (χ2n) is 12.0. The van der Waals surface area contributed by atoms with Gasteiger partial charge in [-0.25, -0.2) is 4.39 Å². The maximum Gasteiger partial charge on any atom is 0.251 e. The number of aromatic nitrogens is 1. The van der Waals surface area contributed by atoms with Crippen molar-refractivity contribution in [3.8, 4) is 5.75 Å². The summed E-state index contributed by atoms with van der Waals surface area (Å²) >= 11 is 0. The summed E-state index contributed by atoms with van der Waals surface area (Å²) in [5.74, 6) is -2.42. The third-order valence-corrected chi connectivity index (χ3v) is 8.52. The zero-order chi connectivity index (χ0) is 30.6. The lowest BCUT2D eigenvalue weighted by molar-refractivity contribution is 0.0882. The number of nitrogens with one attached hydrogen (secondary N) is 4. The van der Waals surface area contributed by atoms with Crippen molar-refractivity contribution in [2.24, 2.45) is 5.41 Å². The van der Waals surface area contributed by atoms with Crippen LogP contribution in [-0.2, 0) is 0 Å². The number of hydrogen-bond donors (Lipinski definition) is 5. The molecule has 2 aliphatic heterocycles. The number of pyridine rings is 1. The molecule has 3 atom stereocenters. The lowest BCUT2D eigenvalue weighted by atomic mass is 9.74. The molecule has 0 radical (unpaired) electrons. The summed E-state index contributed by atoms with van der Waals surface area (Å²) in [5.41, 5.74) is 0.706. The van der Waals surface area contributed by atoms with E-state index in [0.717, 1.165) is 32.4 Å². The second-order valence-corrected chi connectivity index (χ2v) is 12.0. The predicted octanol–water partition coefficient (Wildman–Crippen LogP) is 3.89. The Morgan fingerprint density at radius 1 is 0.884 bits per heavy atom. The fourth-order valence-corrected chi connectivity index (χ4v) is 6.06. The van der Waals surface area contributed by atoms with E-state index in [9.17, 15) is 19.5 Å². The molecule has 0 unspecified atom stereocenters. The second kappa shape index (κ2) is 13.0. The lowest BCUT2D eigenvalue weighted by Gasteiger charge is -2.40. The van der Waals surface area contributed by atoms with Crippen LogP contribution < -0.4 is 21.3 Å². The molecular formula is C33H38FN5O4. The van der Waals surface area contributed by atoms with Gasteiger partial charge < -0.3 is 26.4 Å². The average molecular weight is 588 g/mol. The standard InChI is InChI=1S/C33H38FN5O4/c1-33(2)14-4-16-37-30(33)23-10-11-26(40)27(28(23)34)29(41)20-6-8-21(9-7-20)31(42)38-24-5-3-15-36-19-25(24)39-32(43)22-12-17-35-18-13-22/h6-13,17-18,24-25,30,36-37,40H,3-5,14-16,19H2,1-2H3,(H,38,42)(H,39,43)/t24-,25-,30-/m1/s1. The third-order valence-electron chi connectivity index (χ3n) is 8.52. The maximum absolute atomic E-state index is 15.8. The number of aromatic hydroxyl groups is 1. The van der Waals surface area contributed by atoms with E-state index < -0.39 is 17.3 Å². The quantitative estimate of drug-likeness (QED) is 0.265. The van der Waals surface area contributed by atoms with Gasteiger partial charge in [-0.3, -0.25) is 19.4 Å². The molecule has 5 N–H and O–H groups in total. The van der Waals surface area contributed by atoms with E-state index in [1.165, 1.54) is 36.4 Å². The van der Waals surface area contributed by atoms with Crippen molar-refractivity contribution in [2.75, 3.05) is 19.6 Å². The van der Waals surface area contributed by atoms with Crippen LogP contribution in [0.3, 0.4) is 0 Å². The van der Waals surface area contributed by atoms with Crippen molar-refractivity contribution >= 4 is 17.6 Å². The van der Waals surface area contributed by atoms with E-state index in [-0.39, 0.29) is 46.5 Å². The highest BCUT2D eigenvalue weighted by atomic mass is 19.1. The molecule has 226 valence electrons. The van der Waals surface area contributed by atoms with E-state index in [4.69, 9.17) is 0 Å². The van der Waals surface area contributed by atoms with Crippen LogP contribution in [0, 0.1) is 11.2 Å². The van der Waals surface area contributed by atoms with Crippen LogP contribution in [0.5, 0.6) is 5.75 Å². The Kier molecular flexibility index (Phi) is 9.17. The fourth-order valence-electron chi connectivity index (χ4n) is 6.06. The summed E-state index contributed by atoms with van der Waals surface area (Å²) in [5, 5.41) is 23.2. The number of halogens is 1. The smallest absolute Gasteiger partial charge is 0.251 e. The van der Waals surface area contributed by atoms with Gasteiger partial charge in [-0.1, -0.05) is 32.0 Å². The lowest BCUT2D eigenvalue weighted by Crippen LogP contribution is -2.54. The van der Waals surface area contributed by atoms with Crippen molar-refractivity contribution in [3.63, 3.8) is 0 Å². The number of hydrogen-bond acceptors (Lipinski definition) is 7. The molecule has 2 saturated heterocycles. The molecule has 0 saturated carbocycles. The molecule has 2 fully saturated rings. The van der Waals surface area contributed by atoms with Gasteiger partial charge in [0.15, 0.2) is 5.78 Å². The van der Waals surface area contributed by atoms with Crippen LogP contribution in [0.2, 0.25) is 0 Å². The van der Waals surface area contributed by atoms with Crippen molar-refractivity contribution in [1.82, 2.24) is 26.3 Å². The van der Waals surface area contributed by atoms with Crippen LogP contribution >= 0.6 is 0 Å². The van der Waals surface area contributed by atoms with Gasteiger partial charge in [0.05, 0.1) is 12.1 Å². The van der Waals surface area contributed by atoms with Gasteiger partial charge in [-0.05, 0) is 74.5 Å². The van der Waals surface area contributed by atoms with Gasteiger partial charge in [0.2, 0.25) is 0 Å². The predicted molar refractivity (Wildman–Crippen MR) is 161 cm³/mol. The molecule has 3 heterocycles. The SMILES string of the molecule is CC1(C)CCCN[C@@H]1c1ccc(O)c(C(=O)c2ccc(C(=O)N[C@@H]3CCCNC[C@H]3NC(=O)c3ccncc3)cc2)c1F. The van der Waals surface area contributed by atoms with E-state index in [1.807, 2.05) is 0 Å². The first-order valence-electron chi connectivity index (χ1n) is 14.8. The minimum Gasteiger partial charge on any atom is -0.507 e. The highest BCUT2D eigenvalue weighted by Gasteiger charge is 2.36. The summed E-state index contributed by atoms with van der Waals surface area (Å²) in [7, 11) is 0. The van der Waals surface area contributed by atoms with Gasteiger partial charge >= 0.3 is 0 Å². The van der Waals surface area contributed by atoms with Crippen molar-refractivity contribution < 1.29 is 23.9 Å². The number of ketones is 1. The Hall–Kier alpha value is -4.15. The number of piperidine rings is 1. The molecule has 9 nitrogen and oxygen atoms in total. The zero-order valence-corrected chi connectivity index (χ0v) is 24.5. The topological polar surface area (TPSA) is 132 Å². The minimum absolute atomic E-state index is 0.153. The van der Waals surface area contributed by atoms with Crippen molar-refractivity contribution in [3.05, 3.63) is 94.6 Å². The number of carbonyl (C=O) groups is 3. The Morgan fingerprint density at radius 3 is 2.23 bits per heavy atom. The Balaban J connectivity index is 1.30. The summed E-state index contributed by atoms with van der Waals surface area (Å²) in [6, 6.07) is 11.1. The van der Waals surface area contributed by atoms with Crippen LogP contribution in [0.25, 0.3) is 0 Å². The number of amides is 2. The average Bonchev–Trinajstić information content (AvgIpc) is 3.22. The first-order valence-corrected chi connectivity index (χ1v) is 14.8. The molecule has 3 aromatic rings. The molecule has 0 aliphatic carbocycles. The van der Waals surface area contributed by atoms with E-state index in [1.54, 1.807) is 24.5 Å². The first kappa shape index (κ1) is 30.3. The number of rotatable bonds is 7. The normalized spacial score (nSPS) is 21.8. The summed E-state index contributed by atoms with van der Waals surface area (Å²) in [6.45, 7) is 6.13. The summed E-state index contributed by atoms with van der Waals surface area (Å²) in [6.07, 6.45) is 6.48. The maximum atomic E-state index is 15.8. The van der Waals surface area contributed by atoms with Gasteiger partial charge in [0.1, 0.15) is 17.1 Å². The molecular weight excluding hydrogens is 549 g/mol. The Labute approximate surface area is 250 Å². The Morgan fingerprint density at radius 2 is 1.53 bits per heavy atom. The van der Waals surface area contributed by atoms with Gasteiger partial charge in [0, 0.05) is 47.2 Å². The van der Waals surface area contributed by atoms with Crippen LogP contribution in [-0.4, -0.2) is 59.4 Å². The molecule has 43 heavy (non-hydrogen) atoms. The fraction of sp³-hybridized carbons (Fsp3) is 0.394. The molecule has 1 aromatic heterocycles. The summed E-state index contributed by atoms with van der Waals surface area (Å²) in [4.78, 5) is 43.4. The van der Waals surface area contributed by atoms with E-state index >= 15 is 4.39 Å². The minimum atomic E-state index is -0.735. The Bertz CT molecular complexity index is 1480. The number of nitrogens with zero attached hydrogens (tertiary/aromatic N) is 1. The zero-order valence-electron chi connectivity index (χ0n) is 24.5. The van der Waals surface area contributed by atoms with E-state index in [0.29, 0.717) is 29.7 Å². The van der Waals surface area contributed by atoms with Crippen molar-refractivity contribution in [2.45, 2.75) is 57.7 Å². The molecule has 0 bridgehead atoms. The van der Waals surface area contributed by atoms with Crippen molar-refractivity contribution in [1.29, 1.82) is 0 Å². The van der Waals surface area contributed by atoms with Crippen LogP contribution in [0.4, 0.5) is 4.39 Å². The number of benzene rings is 2. The number of carbonyl (C=O) groups excluding carboxylic acids is 3. The largest absolute Gasteiger partial charge is 0.507 e. The highest BCUT2D eigenvalue weighted by Crippen LogP contribution is 2.42. The molecule has 2 aromatic carbocycles. The highest BCUT2D eigenvalue weighted by molar-refractivity contribution is 6.11. The third kappa shape index (κ3) is 6.76. The molecule has 5 rings (SSSR count).